The van der Waals surface area contributed by atoms with Crippen LogP contribution in [0.2, 0.25) is 0 Å². The second kappa shape index (κ2) is 13.5. The van der Waals surface area contributed by atoms with Gasteiger partial charge in [0.2, 0.25) is 0 Å². The van der Waals surface area contributed by atoms with Gasteiger partial charge in [-0.1, -0.05) is 35.0 Å². The third-order valence-electron chi connectivity index (χ3n) is 5.61. The molecule has 0 radical (unpaired) electrons. The number of nitrogens with zero attached hydrogens (tertiary/aromatic N) is 3. The molecule has 1 heterocycles. The molecule has 1 aromatic heterocycles. The summed E-state index contributed by atoms with van der Waals surface area (Å²) in [5.41, 5.74) is 0.960. The normalized spacial score (nSPS) is 11.2. The maximum atomic E-state index is 13.9. The van der Waals surface area contributed by atoms with E-state index in [-0.39, 0.29) is 23.6 Å². The summed E-state index contributed by atoms with van der Waals surface area (Å²) in [6.45, 7) is 3.75. The Bertz CT molecular complexity index is 1660. The monoisotopic (exact) mass is 736 g/mol. The number of para-hydroxylation sites is 1. The first-order valence-corrected chi connectivity index (χ1v) is 14.7. The molecule has 8 nitrogen and oxygen atoms in total. The molecule has 0 unspecified atom stereocenters. The zero-order chi connectivity index (χ0) is 28.8. The van der Waals surface area contributed by atoms with E-state index in [9.17, 15) is 14.0 Å². The Labute approximate surface area is 255 Å². The Kier molecular flexibility index (Phi) is 10.1. The summed E-state index contributed by atoms with van der Waals surface area (Å²) in [6, 6.07) is 12.9. The Hall–Kier alpha value is -3.09. The van der Waals surface area contributed by atoms with Crippen LogP contribution in [-0.2, 0) is 11.2 Å². The Morgan fingerprint density at radius 1 is 1.10 bits per heavy atom. The van der Waals surface area contributed by atoms with Crippen molar-refractivity contribution in [3.05, 3.63) is 89.5 Å². The highest BCUT2D eigenvalue weighted by Crippen LogP contribution is 2.42. The highest BCUT2D eigenvalue weighted by molar-refractivity contribution is 9.13. The van der Waals surface area contributed by atoms with Crippen LogP contribution in [0.1, 0.15) is 31.7 Å². The summed E-state index contributed by atoms with van der Waals surface area (Å²) in [5.74, 6) is 0.0722. The summed E-state index contributed by atoms with van der Waals surface area (Å²) in [4.78, 5) is 30.4. The Morgan fingerprint density at radius 2 is 1.88 bits per heavy atom. The van der Waals surface area contributed by atoms with Gasteiger partial charge in [-0.15, -0.1) is 0 Å². The molecule has 3 aromatic carbocycles. The summed E-state index contributed by atoms with van der Waals surface area (Å²) in [6.07, 6.45) is 2.87. The van der Waals surface area contributed by atoms with Crippen LogP contribution in [0.3, 0.4) is 0 Å². The summed E-state index contributed by atoms with van der Waals surface area (Å²) < 4.78 is 28.5. The predicted octanol–water partition coefficient (Wildman–Crippen LogP) is 7.07. The molecule has 12 heteroatoms. The van der Waals surface area contributed by atoms with Crippen LogP contribution in [0.15, 0.2) is 71.8 Å². The van der Waals surface area contributed by atoms with Gasteiger partial charge in [0, 0.05) is 20.9 Å². The van der Waals surface area contributed by atoms with Crippen LogP contribution in [0.4, 0.5) is 10.1 Å². The lowest BCUT2D eigenvalue weighted by Crippen LogP contribution is -2.22. The number of hydrogen-bond donors (Lipinski definition) is 1. The van der Waals surface area contributed by atoms with Gasteiger partial charge in [0.15, 0.2) is 18.1 Å². The molecule has 0 aliphatic carbocycles. The van der Waals surface area contributed by atoms with E-state index in [1.165, 1.54) is 29.1 Å². The SMILES string of the molecule is CCCc1nc2ccc(Br)cc2c(=O)n1N=Cc1cc(OCC)c(OCC(=O)Nc2ccccc2F)c(Br)c1Br. The number of nitrogens with one attached hydrogen (secondary N) is 1. The number of carbonyl (C=O) groups excluding carboxylic acids is 1. The van der Waals surface area contributed by atoms with E-state index in [1.807, 2.05) is 19.9 Å². The summed E-state index contributed by atoms with van der Waals surface area (Å²) in [5, 5.41) is 7.42. The number of anilines is 1. The van der Waals surface area contributed by atoms with Crippen molar-refractivity contribution in [3.8, 4) is 11.5 Å². The van der Waals surface area contributed by atoms with Gasteiger partial charge in [-0.05, 0) is 81.6 Å². The average Bonchev–Trinajstić information content (AvgIpc) is 2.93. The van der Waals surface area contributed by atoms with Gasteiger partial charge in [0.25, 0.3) is 11.5 Å². The minimum Gasteiger partial charge on any atom is -0.490 e. The molecule has 4 aromatic rings. The predicted molar refractivity (Wildman–Crippen MR) is 164 cm³/mol. The van der Waals surface area contributed by atoms with Crippen molar-refractivity contribution in [2.75, 3.05) is 18.5 Å². The van der Waals surface area contributed by atoms with E-state index in [0.717, 1.165) is 10.9 Å². The maximum absolute atomic E-state index is 13.9. The lowest BCUT2D eigenvalue weighted by Gasteiger charge is -2.16. The fraction of sp³-hybridized carbons (Fsp3) is 0.214. The molecule has 0 bridgehead atoms. The quantitative estimate of drug-likeness (QED) is 0.176. The summed E-state index contributed by atoms with van der Waals surface area (Å²) >= 11 is 10.5. The van der Waals surface area contributed by atoms with Crippen LogP contribution in [0.25, 0.3) is 10.9 Å². The first-order valence-electron chi connectivity index (χ1n) is 12.3. The van der Waals surface area contributed by atoms with Crippen molar-refractivity contribution in [2.24, 2.45) is 5.10 Å². The number of amides is 1. The number of benzene rings is 3. The van der Waals surface area contributed by atoms with E-state index in [0.29, 0.717) is 50.0 Å². The fourth-order valence-electron chi connectivity index (χ4n) is 3.80. The molecule has 0 aliphatic rings. The molecule has 208 valence electrons. The van der Waals surface area contributed by atoms with E-state index in [4.69, 9.17) is 9.47 Å². The van der Waals surface area contributed by atoms with Crippen LogP contribution in [0.5, 0.6) is 11.5 Å². The first kappa shape index (κ1) is 29.9. The van der Waals surface area contributed by atoms with Crippen molar-refractivity contribution in [1.82, 2.24) is 9.66 Å². The molecule has 0 aliphatic heterocycles. The number of fused-ring (bicyclic) bond motifs is 1. The highest BCUT2D eigenvalue weighted by atomic mass is 79.9. The lowest BCUT2D eigenvalue weighted by molar-refractivity contribution is -0.118. The Balaban J connectivity index is 1.66. The van der Waals surface area contributed by atoms with Crippen molar-refractivity contribution in [2.45, 2.75) is 26.7 Å². The van der Waals surface area contributed by atoms with Gasteiger partial charge in [-0.2, -0.15) is 9.78 Å². The first-order chi connectivity index (χ1) is 19.2. The van der Waals surface area contributed by atoms with Gasteiger partial charge in [-0.3, -0.25) is 9.59 Å². The molecule has 0 fully saturated rings. The van der Waals surface area contributed by atoms with Gasteiger partial charge < -0.3 is 14.8 Å². The molecule has 0 atom stereocenters. The number of halogens is 4. The molecule has 0 saturated heterocycles. The van der Waals surface area contributed by atoms with Gasteiger partial charge in [0.1, 0.15) is 11.6 Å². The van der Waals surface area contributed by atoms with Crippen LogP contribution < -0.4 is 20.3 Å². The number of carbonyl (C=O) groups is 1. The number of ether oxygens (including phenoxy) is 2. The molecule has 1 N–H and O–H groups in total. The summed E-state index contributed by atoms with van der Waals surface area (Å²) in [7, 11) is 0. The number of aromatic nitrogens is 2. The molecular weight excluding hydrogens is 715 g/mol. The van der Waals surface area contributed by atoms with Crippen molar-refractivity contribution >= 4 is 76.5 Å². The van der Waals surface area contributed by atoms with Gasteiger partial charge >= 0.3 is 0 Å². The maximum Gasteiger partial charge on any atom is 0.282 e. The zero-order valence-electron chi connectivity index (χ0n) is 21.5. The van der Waals surface area contributed by atoms with Crippen molar-refractivity contribution in [3.63, 3.8) is 0 Å². The minimum atomic E-state index is -0.547. The lowest BCUT2D eigenvalue weighted by atomic mass is 10.2. The van der Waals surface area contributed by atoms with Gasteiger partial charge in [-0.25, -0.2) is 9.37 Å². The second-order valence-corrected chi connectivity index (χ2v) is 11.0. The standard InChI is InChI=1S/C28H24Br3FN4O4/c1-3-7-23-34-20-11-10-17(29)13-18(20)28(38)36(23)33-14-16-12-22(39-4-2)27(26(31)25(16)30)40-15-24(37)35-21-9-6-5-8-19(21)32/h5-6,8-14H,3-4,7,15H2,1-2H3,(H,35,37). The smallest absolute Gasteiger partial charge is 0.282 e. The second-order valence-electron chi connectivity index (χ2n) is 8.47. The molecule has 0 spiro atoms. The van der Waals surface area contributed by atoms with E-state index in [1.54, 1.807) is 24.3 Å². The number of aryl methyl sites for hydroxylation is 1. The van der Waals surface area contributed by atoms with E-state index < -0.39 is 11.7 Å². The zero-order valence-corrected chi connectivity index (χ0v) is 26.3. The number of rotatable bonds is 10. The number of hydrogen-bond acceptors (Lipinski definition) is 6. The van der Waals surface area contributed by atoms with Crippen molar-refractivity contribution < 1.29 is 18.7 Å². The van der Waals surface area contributed by atoms with Crippen LogP contribution in [-0.4, -0.2) is 35.0 Å². The fourth-order valence-corrected chi connectivity index (χ4v) is 5.10. The largest absolute Gasteiger partial charge is 0.490 e. The third-order valence-corrected chi connectivity index (χ3v) is 8.25. The third kappa shape index (κ3) is 6.79. The van der Waals surface area contributed by atoms with E-state index >= 15 is 0 Å². The topological polar surface area (TPSA) is 94.8 Å². The van der Waals surface area contributed by atoms with E-state index in [2.05, 4.69) is 63.2 Å². The average molecular weight is 739 g/mol. The van der Waals surface area contributed by atoms with Crippen LogP contribution >= 0.6 is 47.8 Å². The van der Waals surface area contributed by atoms with Gasteiger partial charge in [0.05, 0.1) is 33.9 Å². The molecule has 40 heavy (non-hydrogen) atoms. The van der Waals surface area contributed by atoms with Crippen LogP contribution in [0, 0.1) is 5.82 Å². The highest BCUT2D eigenvalue weighted by Gasteiger charge is 2.19. The Morgan fingerprint density at radius 3 is 2.60 bits per heavy atom. The minimum absolute atomic E-state index is 0.0566. The molecule has 4 rings (SSSR count). The molecule has 0 saturated carbocycles. The molecular formula is C28H24Br3FN4O4. The molecule has 1 amide bonds. The van der Waals surface area contributed by atoms with Crippen molar-refractivity contribution in [1.29, 1.82) is 0 Å².